The van der Waals surface area contributed by atoms with Gasteiger partial charge in [0.15, 0.2) is 0 Å². The highest BCUT2D eigenvalue weighted by Gasteiger charge is 2.15. The van der Waals surface area contributed by atoms with Crippen molar-refractivity contribution < 1.29 is 9.59 Å². The van der Waals surface area contributed by atoms with Crippen molar-refractivity contribution >= 4 is 17.5 Å². The van der Waals surface area contributed by atoms with E-state index in [1.165, 1.54) is 5.56 Å². The number of anilines is 1. The summed E-state index contributed by atoms with van der Waals surface area (Å²) in [7, 11) is 0. The Morgan fingerprint density at radius 3 is 2.11 bits per heavy atom. The molecule has 0 heterocycles. The van der Waals surface area contributed by atoms with Gasteiger partial charge in [-0.15, -0.1) is 0 Å². The first-order chi connectivity index (χ1) is 8.93. The summed E-state index contributed by atoms with van der Waals surface area (Å²) < 4.78 is 0. The Morgan fingerprint density at radius 2 is 1.63 bits per heavy atom. The third kappa shape index (κ3) is 4.73. The Morgan fingerprint density at radius 1 is 1.05 bits per heavy atom. The van der Waals surface area contributed by atoms with Crippen LogP contribution in [0.15, 0.2) is 24.3 Å². The van der Waals surface area contributed by atoms with Gasteiger partial charge in [-0.2, -0.15) is 0 Å². The summed E-state index contributed by atoms with van der Waals surface area (Å²) >= 11 is 0. The highest BCUT2D eigenvalue weighted by atomic mass is 16.2. The number of nitrogens with one attached hydrogen (secondary N) is 2. The highest BCUT2D eigenvalue weighted by molar-refractivity contribution is 6.39. The quantitative estimate of drug-likeness (QED) is 0.820. The zero-order valence-electron chi connectivity index (χ0n) is 12.0. The molecule has 4 nitrogen and oxygen atoms in total. The molecule has 1 atom stereocenters. The maximum atomic E-state index is 11.7. The third-order valence-electron chi connectivity index (χ3n) is 3.03. The summed E-state index contributed by atoms with van der Waals surface area (Å²) in [5.74, 6) is -0.779. The molecule has 4 heteroatoms. The largest absolute Gasteiger partial charge is 0.345 e. The monoisotopic (exact) mass is 262 g/mol. The van der Waals surface area contributed by atoms with E-state index in [1.807, 2.05) is 38.1 Å². The van der Waals surface area contributed by atoms with E-state index in [-0.39, 0.29) is 6.04 Å². The smallest absolute Gasteiger partial charge is 0.313 e. The van der Waals surface area contributed by atoms with Crippen molar-refractivity contribution in [3.05, 3.63) is 29.8 Å². The molecule has 0 aliphatic carbocycles. The second kappa shape index (κ2) is 6.92. The lowest BCUT2D eigenvalue weighted by atomic mass is 10.0. The van der Waals surface area contributed by atoms with Gasteiger partial charge in [0.1, 0.15) is 0 Å². The molecule has 0 aromatic heterocycles. The number of amides is 2. The van der Waals surface area contributed by atoms with E-state index >= 15 is 0 Å². The Balaban J connectivity index is 2.59. The Kier molecular flexibility index (Phi) is 5.55. The zero-order valence-corrected chi connectivity index (χ0v) is 12.0. The van der Waals surface area contributed by atoms with Crippen LogP contribution in [0.25, 0.3) is 0 Å². The van der Waals surface area contributed by atoms with Gasteiger partial charge in [-0.25, -0.2) is 0 Å². The Hall–Kier alpha value is -1.84. The second-order valence-corrected chi connectivity index (χ2v) is 5.01. The number of rotatable bonds is 4. The minimum Gasteiger partial charge on any atom is -0.345 e. The molecule has 1 aromatic carbocycles. The first-order valence-electron chi connectivity index (χ1n) is 6.65. The predicted octanol–water partition coefficient (Wildman–Crippen LogP) is 2.66. The van der Waals surface area contributed by atoms with E-state index < -0.39 is 11.8 Å². The lowest BCUT2D eigenvalue weighted by Gasteiger charge is -2.11. The molecule has 2 N–H and O–H groups in total. The molecular weight excluding hydrogens is 240 g/mol. The van der Waals surface area contributed by atoms with Gasteiger partial charge in [-0.3, -0.25) is 9.59 Å². The fourth-order valence-corrected chi connectivity index (χ4v) is 1.53. The van der Waals surface area contributed by atoms with Gasteiger partial charge in [-0.1, -0.05) is 32.9 Å². The first-order valence-corrected chi connectivity index (χ1v) is 6.65. The molecule has 0 fully saturated rings. The number of hydrogen-bond acceptors (Lipinski definition) is 2. The molecule has 0 radical (unpaired) electrons. The SMILES string of the molecule is CC[C@H](C)NC(=O)C(=O)Nc1ccc(C(C)C)cc1. The van der Waals surface area contributed by atoms with E-state index in [0.29, 0.717) is 11.6 Å². The fourth-order valence-electron chi connectivity index (χ4n) is 1.53. The van der Waals surface area contributed by atoms with E-state index in [4.69, 9.17) is 0 Å². The van der Waals surface area contributed by atoms with Crippen molar-refractivity contribution in [3.63, 3.8) is 0 Å². The van der Waals surface area contributed by atoms with Crippen LogP contribution >= 0.6 is 0 Å². The standard InChI is InChI=1S/C15H22N2O2/c1-5-11(4)16-14(18)15(19)17-13-8-6-12(7-9-13)10(2)3/h6-11H,5H2,1-4H3,(H,16,18)(H,17,19)/t11-/m0/s1. The average molecular weight is 262 g/mol. The maximum Gasteiger partial charge on any atom is 0.313 e. The van der Waals surface area contributed by atoms with E-state index in [9.17, 15) is 9.59 Å². The lowest BCUT2D eigenvalue weighted by molar-refractivity contribution is -0.136. The molecule has 1 rings (SSSR count). The summed E-state index contributed by atoms with van der Waals surface area (Å²) in [6, 6.07) is 7.52. The van der Waals surface area contributed by atoms with Crippen molar-refractivity contribution in [2.24, 2.45) is 0 Å². The molecule has 104 valence electrons. The summed E-state index contributed by atoms with van der Waals surface area (Å²) in [6.07, 6.45) is 0.794. The molecule has 1 aromatic rings. The van der Waals surface area contributed by atoms with Crippen LogP contribution in [0.2, 0.25) is 0 Å². The van der Waals surface area contributed by atoms with Gasteiger partial charge in [0, 0.05) is 11.7 Å². The molecule has 0 saturated heterocycles. The van der Waals surface area contributed by atoms with Crippen LogP contribution in [-0.2, 0) is 9.59 Å². The molecule has 0 saturated carbocycles. The summed E-state index contributed by atoms with van der Waals surface area (Å²) in [4.78, 5) is 23.2. The van der Waals surface area contributed by atoms with Crippen LogP contribution in [-0.4, -0.2) is 17.9 Å². The highest BCUT2D eigenvalue weighted by Crippen LogP contribution is 2.16. The third-order valence-corrected chi connectivity index (χ3v) is 3.03. The van der Waals surface area contributed by atoms with Crippen LogP contribution < -0.4 is 10.6 Å². The number of carbonyl (C=O) groups excluding carboxylic acids is 2. The molecule has 19 heavy (non-hydrogen) atoms. The van der Waals surface area contributed by atoms with Crippen LogP contribution in [0.1, 0.15) is 45.6 Å². The molecule has 0 aliphatic heterocycles. The normalized spacial score (nSPS) is 12.1. The van der Waals surface area contributed by atoms with E-state index in [1.54, 1.807) is 0 Å². The van der Waals surface area contributed by atoms with Gasteiger partial charge in [0.2, 0.25) is 0 Å². The van der Waals surface area contributed by atoms with Crippen LogP contribution in [0, 0.1) is 0 Å². The Labute approximate surface area is 114 Å². The summed E-state index contributed by atoms with van der Waals surface area (Å²) in [6.45, 7) is 8.02. The summed E-state index contributed by atoms with van der Waals surface area (Å²) in [5, 5.41) is 5.21. The number of carbonyl (C=O) groups is 2. The van der Waals surface area contributed by atoms with Gasteiger partial charge < -0.3 is 10.6 Å². The van der Waals surface area contributed by atoms with Crippen molar-refractivity contribution in [2.75, 3.05) is 5.32 Å². The first kappa shape index (κ1) is 15.2. The van der Waals surface area contributed by atoms with Crippen molar-refractivity contribution in [3.8, 4) is 0 Å². The van der Waals surface area contributed by atoms with Gasteiger partial charge in [0.25, 0.3) is 0 Å². The molecule has 2 amide bonds. The zero-order chi connectivity index (χ0) is 14.4. The van der Waals surface area contributed by atoms with Gasteiger partial charge >= 0.3 is 11.8 Å². The molecule has 0 unspecified atom stereocenters. The van der Waals surface area contributed by atoms with Crippen molar-refractivity contribution in [2.45, 2.75) is 46.1 Å². The molecule has 0 aliphatic rings. The predicted molar refractivity (Wildman–Crippen MR) is 77.1 cm³/mol. The van der Waals surface area contributed by atoms with Crippen LogP contribution in [0.3, 0.4) is 0 Å². The maximum absolute atomic E-state index is 11.7. The van der Waals surface area contributed by atoms with Gasteiger partial charge in [0.05, 0.1) is 0 Å². The van der Waals surface area contributed by atoms with Crippen molar-refractivity contribution in [1.82, 2.24) is 5.32 Å². The van der Waals surface area contributed by atoms with E-state index in [2.05, 4.69) is 24.5 Å². The van der Waals surface area contributed by atoms with Crippen molar-refractivity contribution in [1.29, 1.82) is 0 Å². The molecular formula is C15H22N2O2. The lowest BCUT2D eigenvalue weighted by Crippen LogP contribution is -2.40. The second-order valence-electron chi connectivity index (χ2n) is 5.01. The minimum absolute atomic E-state index is 0.00145. The van der Waals surface area contributed by atoms with Crippen LogP contribution in [0.4, 0.5) is 5.69 Å². The fraction of sp³-hybridized carbons (Fsp3) is 0.467. The molecule has 0 bridgehead atoms. The topological polar surface area (TPSA) is 58.2 Å². The Bertz CT molecular complexity index is 438. The minimum atomic E-state index is -0.627. The van der Waals surface area contributed by atoms with Gasteiger partial charge in [-0.05, 0) is 37.0 Å². The van der Waals surface area contributed by atoms with E-state index in [0.717, 1.165) is 6.42 Å². The number of hydrogen-bond donors (Lipinski definition) is 2. The number of benzene rings is 1. The molecule has 0 spiro atoms. The van der Waals surface area contributed by atoms with Crippen LogP contribution in [0.5, 0.6) is 0 Å². The average Bonchev–Trinajstić information content (AvgIpc) is 2.38. The summed E-state index contributed by atoms with van der Waals surface area (Å²) in [5.41, 5.74) is 1.83.